The first-order valence-corrected chi connectivity index (χ1v) is 5.64. The summed E-state index contributed by atoms with van der Waals surface area (Å²) in [5.74, 6) is -1.25. The molecule has 1 aromatic rings. The fourth-order valence-corrected chi connectivity index (χ4v) is 1.74. The van der Waals surface area contributed by atoms with Gasteiger partial charge in [0.1, 0.15) is 5.56 Å². The summed E-state index contributed by atoms with van der Waals surface area (Å²) < 4.78 is 5.08. The molecule has 1 rings (SSSR count). The van der Waals surface area contributed by atoms with E-state index in [1.807, 2.05) is 19.9 Å². The highest BCUT2D eigenvalue weighted by molar-refractivity contribution is 5.92. The lowest BCUT2D eigenvalue weighted by molar-refractivity contribution is 0.0693. The van der Waals surface area contributed by atoms with Crippen molar-refractivity contribution >= 4 is 5.97 Å². The second-order valence-electron chi connectivity index (χ2n) is 4.38. The van der Waals surface area contributed by atoms with Crippen LogP contribution in [0.1, 0.15) is 35.3 Å². The van der Waals surface area contributed by atoms with Gasteiger partial charge in [0.05, 0.1) is 7.11 Å². The van der Waals surface area contributed by atoms with Crippen LogP contribution in [0.5, 0.6) is 11.5 Å². The first-order valence-electron chi connectivity index (χ1n) is 5.64. The molecule has 0 spiro atoms. The molecule has 0 amide bonds. The van der Waals surface area contributed by atoms with Gasteiger partial charge in [0, 0.05) is 0 Å². The molecule has 0 aliphatic carbocycles. The van der Waals surface area contributed by atoms with Gasteiger partial charge in [-0.25, -0.2) is 4.79 Å². The van der Waals surface area contributed by atoms with Gasteiger partial charge in [-0.15, -0.1) is 0 Å². The SMILES string of the molecule is COc1c(C)c(CC=C(C)C)cc(C(=O)O)c1O. The molecule has 0 saturated heterocycles. The summed E-state index contributed by atoms with van der Waals surface area (Å²) in [6.07, 6.45) is 2.62. The number of hydrogen-bond acceptors (Lipinski definition) is 3. The van der Waals surface area contributed by atoms with Crippen molar-refractivity contribution in [2.75, 3.05) is 7.11 Å². The summed E-state index contributed by atoms with van der Waals surface area (Å²) in [5, 5.41) is 18.9. The van der Waals surface area contributed by atoms with Gasteiger partial charge < -0.3 is 14.9 Å². The zero-order chi connectivity index (χ0) is 13.9. The van der Waals surface area contributed by atoms with Crippen LogP contribution in [0.2, 0.25) is 0 Å². The highest BCUT2D eigenvalue weighted by Gasteiger charge is 2.19. The average molecular weight is 250 g/mol. The minimum absolute atomic E-state index is 0.130. The van der Waals surface area contributed by atoms with Crippen molar-refractivity contribution in [1.82, 2.24) is 0 Å². The molecule has 0 aliphatic heterocycles. The summed E-state index contributed by atoms with van der Waals surface area (Å²) >= 11 is 0. The lowest BCUT2D eigenvalue weighted by Gasteiger charge is -2.13. The van der Waals surface area contributed by atoms with E-state index in [1.165, 1.54) is 13.2 Å². The minimum atomic E-state index is -1.16. The van der Waals surface area contributed by atoms with E-state index in [0.29, 0.717) is 6.42 Å². The first kappa shape index (κ1) is 14.1. The Morgan fingerprint density at radius 1 is 1.44 bits per heavy atom. The van der Waals surface area contributed by atoms with Crippen LogP contribution in [0.25, 0.3) is 0 Å². The zero-order valence-electron chi connectivity index (χ0n) is 11.1. The molecule has 18 heavy (non-hydrogen) atoms. The molecule has 98 valence electrons. The summed E-state index contributed by atoms with van der Waals surface area (Å²) in [5.41, 5.74) is 2.62. The van der Waals surface area contributed by atoms with Gasteiger partial charge in [0.15, 0.2) is 11.5 Å². The Labute approximate surface area is 107 Å². The van der Waals surface area contributed by atoms with E-state index in [9.17, 15) is 9.90 Å². The van der Waals surface area contributed by atoms with Crippen molar-refractivity contribution < 1.29 is 19.7 Å². The Bertz CT molecular complexity index is 497. The number of carbonyl (C=O) groups is 1. The Hall–Kier alpha value is -1.97. The monoisotopic (exact) mass is 250 g/mol. The van der Waals surface area contributed by atoms with E-state index in [2.05, 4.69) is 0 Å². The molecule has 0 atom stereocenters. The fraction of sp³-hybridized carbons (Fsp3) is 0.357. The third-order valence-corrected chi connectivity index (χ3v) is 2.78. The largest absolute Gasteiger partial charge is 0.504 e. The number of phenols is 1. The van der Waals surface area contributed by atoms with E-state index in [4.69, 9.17) is 9.84 Å². The molecule has 0 saturated carbocycles. The summed E-state index contributed by atoms with van der Waals surface area (Å²) in [7, 11) is 1.42. The van der Waals surface area contributed by atoms with Crippen molar-refractivity contribution in [2.45, 2.75) is 27.2 Å². The smallest absolute Gasteiger partial charge is 0.339 e. The molecule has 4 heteroatoms. The maximum absolute atomic E-state index is 11.1. The normalized spacial score (nSPS) is 10.0. The third kappa shape index (κ3) is 2.83. The lowest BCUT2D eigenvalue weighted by Crippen LogP contribution is -2.03. The number of allylic oxidation sites excluding steroid dienone is 2. The Morgan fingerprint density at radius 2 is 2.06 bits per heavy atom. The number of rotatable bonds is 4. The highest BCUT2D eigenvalue weighted by Crippen LogP contribution is 2.36. The van der Waals surface area contributed by atoms with Gasteiger partial charge in [-0.05, 0) is 44.4 Å². The van der Waals surface area contributed by atoms with E-state index in [0.717, 1.165) is 16.7 Å². The molecule has 2 N–H and O–H groups in total. The molecule has 0 fully saturated rings. The predicted octanol–water partition coefficient (Wildman–Crippen LogP) is 2.92. The van der Waals surface area contributed by atoms with E-state index in [1.54, 1.807) is 6.92 Å². The molecular formula is C14H18O4. The number of carboxylic acid groups (broad SMARTS) is 1. The topological polar surface area (TPSA) is 66.8 Å². The highest BCUT2D eigenvalue weighted by atomic mass is 16.5. The van der Waals surface area contributed by atoms with E-state index < -0.39 is 5.97 Å². The molecular weight excluding hydrogens is 232 g/mol. The standard InChI is InChI=1S/C14H18O4/c1-8(2)5-6-10-7-11(14(16)17)12(15)13(18-4)9(10)3/h5,7,15H,6H2,1-4H3,(H,16,17). The molecule has 0 heterocycles. The van der Waals surface area contributed by atoms with E-state index in [-0.39, 0.29) is 17.1 Å². The molecule has 0 bridgehead atoms. The van der Waals surface area contributed by atoms with Crippen LogP contribution < -0.4 is 4.74 Å². The molecule has 0 unspecified atom stereocenters. The number of aromatic carboxylic acids is 1. The van der Waals surface area contributed by atoms with Crippen LogP contribution in [-0.2, 0) is 6.42 Å². The third-order valence-electron chi connectivity index (χ3n) is 2.78. The summed E-state index contributed by atoms with van der Waals surface area (Å²) in [6, 6.07) is 1.50. The average Bonchev–Trinajstić information content (AvgIpc) is 2.28. The molecule has 0 aliphatic rings. The van der Waals surface area contributed by atoms with Gasteiger partial charge in [0.25, 0.3) is 0 Å². The van der Waals surface area contributed by atoms with Crippen molar-refractivity contribution in [1.29, 1.82) is 0 Å². The van der Waals surface area contributed by atoms with Crippen LogP contribution >= 0.6 is 0 Å². The Kier molecular flexibility index (Phi) is 4.37. The van der Waals surface area contributed by atoms with Gasteiger partial charge in [-0.3, -0.25) is 0 Å². The second kappa shape index (κ2) is 5.58. The van der Waals surface area contributed by atoms with Gasteiger partial charge >= 0.3 is 5.97 Å². The van der Waals surface area contributed by atoms with Gasteiger partial charge in [-0.1, -0.05) is 11.6 Å². The molecule has 0 aromatic heterocycles. The molecule has 1 aromatic carbocycles. The lowest BCUT2D eigenvalue weighted by atomic mass is 9.99. The Morgan fingerprint density at radius 3 is 2.50 bits per heavy atom. The number of benzene rings is 1. The van der Waals surface area contributed by atoms with Crippen LogP contribution in [0.4, 0.5) is 0 Å². The van der Waals surface area contributed by atoms with Crippen LogP contribution in [0.3, 0.4) is 0 Å². The number of ether oxygens (including phenoxy) is 1. The molecule has 0 radical (unpaired) electrons. The second-order valence-corrected chi connectivity index (χ2v) is 4.38. The summed E-state index contributed by atoms with van der Waals surface area (Å²) in [6.45, 7) is 5.76. The Balaban J connectivity index is 3.39. The van der Waals surface area contributed by atoms with Crippen molar-refractivity contribution in [3.8, 4) is 11.5 Å². The quantitative estimate of drug-likeness (QED) is 0.806. The van der Waals surface area contributed by atoms with Crippen LogP contribution in [0.15, 0.2) is 17.7 Å². The van der Waals surface area contributed by atoms with E-state index >= 15 is 0 Å². The van der Waals surface area contributed by atoms with Crippen LogP contribution in [-0.4, -0.2) is 23.3 Å². The van der Waals surface area contributed by atoms with Gasteiger partial charge in [-0.2, -0.15) is 0 Å². The number of methoxy groups -OCH3 is 1. The maximum atomic E-state index is 11.1. The first-order chi connectivity index (χ1) is 8.38. The van der Waals surface area contributed by atoms with Gasteiger partial charge in [0.2, 0.25) is 0 Å². The fourth-order valence-electron chi connectivity index (χ4n) is 1.74. The summed E-state index contributed by atoms with van der Waals surface area (Å²) in [4.78, 5) is 11.1. The number of aromatic hydroxyl groups is 1. The van der Waals surface area contributed by atoms with Crippen LogP contribution in [0, 0.1) is 6.92 Å². The minimum Gasteiger partial charge on any atom is -0.504 e. The number of hydrogen-bond donors (Lipinski definition) is 2. The predicted molar refractivity (Wildman–Crippen MR) is 69.5 cm³/mol. The number of carboxylic acids is 1. The zero-order valence-corrected chi connectivity index (χ0v) is 11.1. The van der Waals surface area contributed by atoms with Crippen molar-refractivity contribution in [2.24, 2.45) is 0 Å². The maximum Gasteiger partial charge on any atom is 0.339 e. The van der Waals surface area contributed by atoms with Crippen molar-refractivity contribution in [3.05, 3.63) is 34.4 Å². The molecule has 4 nitrogen and oxygen atoms in total. The van der Waals surface area contributed by atoms with Crippen molar-refractivity contribution in [3.63, 3.8) is 0 Å².